The number of morpholine rings is 1. The summed E-state index contributed by atoms with van der Waals surface area (Å²) in [5, 5.41) is 2.75. The van der Waals surface area contributed by atoms with E-state index in [2.05, 4.69) is 15.3 Å². The van der Waals surface area contributed by atoms with Crippen LogP contribution < -0.4 is 10.2 Å². The van der Waals surface area contributed by atoms with Crippen molar-refractivity contribution in [2.75, 3.05) is 24.6 Å². The van der Waals surface area contributed by atoms with E-state index in [4.69, 9.17) is 4.74 Å². The number of carbonyl (C=O) groups is 2. The predicted octanol–water partition coefficient (Wildman–Crippen LogP) is 0.638. The van der Waals surface area contributed by atoms with Crippen molar-refractivity contribution in [1.29, 1.82) is 0 Å². The molecule has 2 heterocycles. The molecule has 1 atom stereocenters. The number of carbonyl (C=O) groups excluding carboxylic acids is 2. The van der Waals surface area contributed by atoms with E-state index in [1.54, 1.807) is 4.90 Å². The quantitative estimate of drug-likeness (QED) is 0.895. The zero-order valence-electron chi connectivity index (χ0n) is 12.4. The van der Waals surface area contributed by atoms with Gasteiger partial charge in [0.15, 0.2) is 0 Å². The standard InChI is InChI=1S/C16H16N4O3/c21-15-11-23-13(10-20(15)12-4-2-1-3-5-12)8-19-16(22)14-9-17-6-7-18-14/h1-7,9,13H,8,10-11H2,(H,19,22). The van der Waals surface area contributed by atoms with Gasteiger partial charge in [-0.15, -0.1) is 0 Å². The first-order chi connectivity index (χ1) is 11.2. The van der Waals surface area contributed by atoms with Crippen LogP contribution >= 0.6 is 0 Å². The van der Waals surface area contributed by atoms with E-state index in [-0.39, 0.29) is 30.2 Å². The molecule has 1 aliphatic rings. The second-order valence-electron chi connectivity index (χ2n) is 5.07. The summed E-state index contributed by atoms with van der Waals surface area (Å²) in [6.07, 6.45) is 4.09. The molecule has 3 rings (SSSR count). The average molecular weight is 312 g/mol. The maximum absolute atomic E-state index is 12.0. The lowest BCUT2D eigenvalue weighted by Gasteiger charge is -2.32. The highest BCUT2D eigenvalue weighted by Crippen LogP contribution is 2.17. The Hall–Kier alpha value is -2.80. The zero-order chi connectivity index (χ0) is 16.1. The molecule has 1 aliphatic heterocycles. The summed E-state index contributed by atoms with van der Waals surface area (Å²) < 4.78 is 5.49. The minimum absolute atomic E-state index is 0.000569. The van der Waals surface area contributed by atoms with E-state index in [0.29, 0.717) is 13.1 Å². The molecule has 0 spiro atoms. The minimum atomic E-state index is -0.315. The van der Waals surface area contributed by atoms with Crippen molar-refractivity contribution in [3.05, 3.63) is 54.6 Å². The predicted molar refractivity (Wildman–Crippen MR) is 82.9 cm³/mol. The minimum Gasteiger partial charge on any atom is -0.365 e. The maximum Gasteiger partial charge on any atom is 0.271 e. The number of anilines is 1. The fraction of sp³-hybridized carbons (Fsp3) is 0.250. The molecule has 0 aliphatic carbocycles. The highest BCUT2D eigenvalue weighted by Gasteiger charge is 2.27. The van der Waals surface area contributed by atoms with E-state index < -0.39 is 0 Å². The molecule has 1 N–H and O–H groups in total. The first kappa shape index (κ1) is 15.1. The third-order valence-electron chi connectivity index (χ3n) is 3.48. The van der Waals surface area contributed by atoms with Gasteiger partial charge in [-0.1, -0.05) is 18.2 Å². The number of amides is 2. The molecule has 0 radical (unpaired) electrons. The molecule has 0 bridgehead atoms. The molecule has 1 fully saturated rings. The van der Waals surface area contributed by atoms with Crippen molar-refractivity contribution in [2.45, 2.75) is 6.10 Å². The highest BCUT2D eigenvalue weighted by atomic mass is 16.5. The van der Waals surface area contributed by atoms with Crippen LogP contribution in [0.15, 0.2) is 48.9 Å². The normalized spacial score (nSPS) is 17.8. The van der Waals surface area contributed by atoms with Gasteiger partial charge in [0, 0.05) is 24.6 Å². The van der Waals surface area contributed by atoms with Crippen LogP contribution in [0.4, 0.5) is 5.69 Å². The summed E-state index contributed by atoms with van der Waals surface area (Å²) in [6.45, 7) is 0.691. The number of nitrogens with zero attached hydrogens (tertiary/aromatic N) is 3. The van der Waals surface area contributed by atoms with Crippen LogP contribution in [0.25, 0.3) is 0 Å². The van der Waals surface area contributed by atoms with Gasteiger partial charge in [0.1, 0.15) is 12.3 Å². The lowest BCUT2D eigenvalue weighted by molar-refractivity contribution is -0.129. The lowest BCUT2D eigenvalue weighted by atomic mass is 10.2. The highest BCUT2D eigenvalue weighted by molar-refractivity contribution is 5.95. The van der Waals surface area contributed by atoms with Gasteiger partial charge in [-0.25, -0.2) is 4.98 Å². The average Bonchev–Trinajstić information content (AvgIpc) is 2.62. The Balaban J connectivity index is 1.59. The largest absolute Gasteiger partial charge is 0.365 e. The smallest absolute Gasteiger partial charge is 0.271 e. The van der Waals surface area contributed by atoms with Crippen molar-refractivity contribution >= 4 is 17.5 Å². The summed E-state index contributed by atoms with van der Waals surface area (Å²) in [6, 6.07) is 9.40. The molecule has 2 amide bonds. The fourth-order valence-corrected chi connectivity index (χ4v) is 2.32. The van der Waals surface area contributed by atoms with Crippen LogP contribution in [0, 0.1) is 0 Å². The molecule has 7 heteroatoms. The van der Waals surface area contributed by atoms with Gasteiger partial charge < -0.3 is 15.0 Å². The van der Waals surface area contributed by atoms with Gasteiger partial charge >= 0.3 is 0 Å². The van der Waals surface area contributed by atoms with E-state index in [9.17, 15) is 9.59 Å². The Morgan fingerprint density at radius 3 is 2.87 bits per heavy atom. The van der Waals surface area contributed by atoms with Crippen LogP contribution in [0.3, 0.4) is 0 Å². The van der Waals surface area contributed by atoms with Crippen molar-refractivity contribution in [2.24, 2.45) is 0 Å². The lowest BCUT2D eigenvalue weighted by Crippen LogP contribution is -2.50. The Kier molecular flexibility index (Phi) is 4.58. The van der Waals surface area contributed by atoms with Gasteiger partial charge in [-0.2, -0.15) is 0 Å². The van der Waals surface area contributed by atoms with E-state index >= 15 is 0 Å². The van der Waals surface area contributed by atoms with Crippen LogP contribution in [0.2, 0.25) is 0 Å². The number of rotatable bonds is 4. The van der Waals surface area contributed by atoms with Gasteiger partial charge in [0.05, 0.1) is 18.8 Å². The number of benzene rings is 1. The molecule has 1 aromatic heterocycles. The SMILES string of the molecule is O=C(NCC1CN(c2ccccc2)C(=O)CO1)c1cnccn1. The number of hydrogen-bond donors (Lipinski definition) is 1. The molecular weight excluding hydrogens is 296 g/mol. The van der Waals surface area contributed by atoms with Crippen molar-refractivity contribution in [3.63, 3.8) is 0 Å². The molecular formula is C16H16N4O3. The Morgan fingerprint density at radius 1 is 1.30 bits per heavy atom. The van der Waals surface area contributed by atoms with Gasteiger partial charge in [0.25, 0.3) is 11.8 Å². The Labute approximate surface area is 133 Å². The second kappa shape index (κ2) is 6.97. The summed E-state index contributed by atoms with van der Waals surface area (Å²) >= 11 is 0. The third kappa shape index (κ3) is 3.70. The van der Waals surface area contributed by atoms with E-state index in [1.165, 1.54) is 18.6 Å². The number of hydrogen-bond acceptors (Lipinski definition) is 5. The fourth-order valence-electron chi connectivity index (χ4n) is 2.32. The number of ether oxygens (including phenoxy) is 1. The molecule has 0 saturated carbocycles. The topological polar surface area (TPSA) is 84.4 Å². The van der Waals surface area contributed by atoms with Gasteiger partial charge in [0.2, 0.25) is 0 Å². The van der Waals surface area contributed by atoms with E-state index in [0.717, 1.165) is 5.69 Å². The van der Waals surface area contributed by atoms with Crippen LogP contribution in [-0.2, 0) is 9.53 Å². The molecule has 7 nitrogen and oxygen atoms in total. The monoisotopic (exact) mass is 312 g/mol. The number of nitrogens with one attached hydrogen (secondary N) is 1. The molecule has 1 aromatic carbocycles. The summed E-state index contributed by atoms with van der Waals surface area (Å²) in [5.41, 5.74) is 1.07. The Bertz CT molecular complexity index is 678. The van der Waals surface area contributed by atoms with Crippen molar-refractivity contribution < 1.29 is 14.3 Å². The molecule has 118 valence electrons. The summed E-state index contributed by atoms with van der Waals surface area (Å²) in [4.78, 5) is 33.4. The zero-order valence-corrected chi connectivity index (χ0v) is 12.4. The molecule has 1 unspecified atom stereocenters. The second-order valence-corrected chi connectivity index (χ2v) is 5.07. The van der Waals surface area contributed by atoms with E-state index in [1.807, 2.05) is 30.3 Å². The maximum atomic E-state index is 12.0. The molecule has 1 saturated heterocycles. The van der Waals surface area contributed by atoms with Gasteiger partial charge in [-0.3, -0.25) is 14.6 Å². The number of para-hydroxylation sites is 1. The van der Waals surface area contributed by atoms with Crippen LogP contribution in [0.5, 0.6) is 0 Å². The van der Waals surface area contributed by atoms with Crippen molar-refractivity contribution in [1.82, 2.24) is 15.3 Å². The van der Waals surface area contributed by atoms with Gasteiger partial charge in [-0.05, 0) is 12.1 Å². The summed E-state index contributed by atoms with van der Waals surface area (Å²) in [5.74, 6) is -0.405. The first-order valence-electron chi connectivity index (χ1n) is 7.25. The summed E-state index contributed by atoms with van der Waals surface area (Å²) in [7, 11) is 0. The first-order valence-corrected chi connectivity index (χ1v) is 7.25. The molecule has 23 heavy (non-hydrogen) atoms. The molecule has 2 aromatic rings. The van der Waals surface area contributed by atoms with Crippen molar-refractivity contribution in [3.8, 4) is 0 Å². The van der Waals surface area contributed by atoms with Crippen LogP contribution in [-0.4, -0.2) is 47.6 Å². The number of aromatic nitrogens is 2. The Morgan fingerprint density at radius 2 is 2.13 bits per heavy atom. The van der Waals surface area contributed by atoms with Crippen LogP contribution in [0.1, 0.15) is 10.5 Å². The third-order valence-corrected chi connectivity index (χ3v) is 3.48.